The van der Waals surface area contributed by atoms with Crippen molar-refractivity contribution in [3.05, 3.63) is 23.7 Å². The second-order valence-electron chi connectivity index (χ2n) is 5.49. The molecule has 106 valence electrons. The molecule has 1 aliphatic carbocycles. The molecule has 1 aromatic heterocycles. The van der Waals surface area contributed by atoms with Crippen LogP contribution in [0.2, 0.25) is 0 Å². The van der Waals surface area contributed by atoms with E-state index in [4.69, 9.17) is 4.42 Å². The molecule has 1 aromatic rings. The van der Waals surface area contributed by atoms with Crippen molar-refractivity contribution in [2.24, 2.45) is 5.41 Å². The monoisotopic (exact) mass is 276 g/mol. The largest absolute Gasteiger partial charge is 0.464 e. The van der Waals surface area contributed by atoms with Crippen LogP contribution < -0.4 is 5.32 Å². The minimum atomic E-state index is -1.04. The molecular formula is C14H16N2O4. The molecule has 6 nitrogen and oxygen atoms in total. The van der Waals surface area contributed by atoms with Gasteiger partial charge in [0.15, 0.2) is 0 Å². The van der Waals surface area contributed by atoms with Crippen molar-refractivity contribution in [2.45, 2.75) is 39.2 Å². The Balaban J connectivity index is 1.93. The summed E-state index contributed by atoms with van der Waals surface area (Å²) in [5, 5.41) is 2.30. The fourth-order valence-electron chi connectivity index (χ4n) is 2.83. The lowest BCUT2D eigenvalue weighted by molar-refractivity contribution is -0.159. The van der Waals surface area contributed by atoms with Gasteiger partial charge in [0.05, 0.1) is 6.04 Å². The molecule has 6 heteroatoms. The average molecular weight is 276 g/mol. The molecule has 3 rings (SSSR count). The SMILES string of the molecule is Cc1ccc(C(C)N2C(=O)NC(=O)C3(CCC3)C2=O)o1. The third-order valence-corrected chi connectivity index (χ3v) is 4.27. The molecule has 20 heavy (non-hydrogen) atoms. The van der Waals surface area contributed by atoms with Crippen LogP contribution in [0.25, 0.3) is 0 Å². The number of hydrogen-bond acceptors (Lipinski definition) is 4. The lowest BCUT2D eigenvalue weighted by Crippen LogP contribution is -2.66. The molecular weight excluding hydrogens is 260 g/mol. The second-order valence-corrected chi connectivity index (χ2v) is 5.49. The summed E-state index contributed by atoms with van der Waals surface area (Å²) < 4.78 is 5.48. The fourth-order valence-corrected chi connectivity index (χ4v) is 2.83. The number of rotatable bonds is 2. The molecule has 2 heterocycles. The normalized spacial score (nSPS) is 22.7. The van der Waals surface area contributed by atoms with Crippen LogP contribution in [0.3, 0.4) is 0 Å². The zero-order valence-corrected chi connectivity index (χ0v) is 11.4. The summed E-state index contributed by atoms with van der Waals surface area (Å²) >= 11 is 0. The molecule has 1 saturated carbocycles. The third-order valence-electron chi connectivity index (χ3n) is 4.27. The second kappa shape index (κ2) is 4.19. The van der Waals surface area contributed by atoms with Crippen molar-refractivity contribution < 1.29 is 18.8 Å². The standard InChI is InChI=1S/C14H16N2O4/c1-8-4-5-10(20-8)9(2)16-12(18)14(6-3-7-14)11(17)15-13(16)19/h4-5,9H,3,6-7H2,1-2H3,(H,15,17,19). The molecule has 1 aliphatic heterocycles. The highest BCUT2D eigenvalue weighted by Crippen LogP contribution is 2.46. The average Bonchev–Trinajstić information content (AvgIpc) is 2.73. The van der Waals surface area contributed by atoms with E-state index in [1.807, 2.05) is 0 Å². The van der Waals surface area contributed by atoms with Crippen molar-refractivity contribution >= 4 is 17.8 Å². The summed E-state index contributed by atoms with van der Waals surface area (Å²) in [6, 6.07) is 2.33. The molecule has 0 bridgehead atoms. The minimum absolute atomic E-state index is 0.404. The van der Waals surface area contributed by atoms with Crippen molar-refractivity contribution in [1.29, 1.82) is 0 Å². The van der Waals surface area contributed by atoms with Gasteiger partial charge in [0.25, 0.3) is 0 Å². The van der Waals surface area contributed by atoms with Gasteiger partial charge in [-0.05, 0) is 38.8 Å². The summed E-state index contributed by atoms with van der Waals surface area (Å²) in [5.74, 6) is 0.387. The fraction of sp³-hybridized carbons (Fsp3) is 0.500. The maximum atomic E-state index is 12.6. The Morgan fingerprint density at radius 2 is 2.00 bits per heavy atom. The predicted molar refractivity (Wildman–Crippen MR) is 68.5 cm³/mol. The molecule has 1 saturated heterocycles. The molecule has 1 atom stereocenters. The summed E-state index contributed by atoms with van der Waals surface area (Å²) in [6.07, 6.45) is 1.84. The number of nitrogens with one attached hydrogen (secondary N) is 1. The van der Waals surface area contributed by atoms with Crippen LogP contribution >= 0.6 is 0 Å². The number of nitrogens with zero attached hydrogens (tertiary/aromatic N) is 1. The van der Waals surface area contributed by atoms with Crippen LogP contribution in [0.5, 0.6) is 0 Å². The van der Waals surface area contributed by atoms with E-state index in [1.54, 1.807) is 26.0 Å². The van der Waals surface area contributed by atoms with E-state index in [0.29, 0.717) is 24.4 Å². The predicted octanol–water partition coefficient (Wildman–Crippen LogP) is 1.90. The van der Waals surface area contributed by atoms with Gasteiger partial charge in [0, 0.05) is 0 Å². The Bertz CT molecular complexity index is 600. The highest BCUT2D eigenvalue weighted by Gasteiger charge is 2.58. The highest BCUT2D eigenvalue weighted by atomic mass is 16.3. The Morgan fingerprint density at radius 3 is 2.50 bits per heavy atom. The Kier molecular flexibility index (Phi) is 2.70. The zero-order chi connectivity index (χ0) is 14.5. The van der Waals surface area contributed by atoms with Gasteiger partial charge in [-0.25, -0.2) is 4.79 Å². The molecule has 1 N–H and O–H groups in total. The first kappa shape index (κ1) is 12.9. The van der Waals surface area contributed by atoms with Gasteiger partial charge >= 0.3 is 6.03 Å². The third kappa shape index (κ3) is 1.60. The number of barbiturate groups is 1. The smallest absolute Gasteiger partial charge is 0.331 e. The Labute approximate surface area is 116 Å². The maximum absolute atomic E-state index is 12.6. The van der Waals surface area contributed by atoms with E-state index in [-0.39, 0.29) is 0 Å². The van der Waals surface area contributed by atoms with E-state index >= 15 is 0 Å². The van der Waals surface area contributed by atoms with Crippen molar-refractivity contribution in [1.82, 2.24) is 10.2 Å². The number of amides is 4. The molecule has 2 aliphatic rings. The molecule has 0 radical (unpaired) electrons. The number of imide groups is 2. The first-order chi connectivity index (χ1) is 9.45. The molecule has 1 unspecified atom stereocenters. The summed E-state index contributed by atoms with van der Waals surface area (Å²) in [6.45, 7) is 3.52. The van der Waals surface area contributed by atoms with Gasteiger partial charge in [-0.15, -0.1) is 0 Å². The first-order valence-corrected chi connectivity index (χ1v) is 6.71. The van der Waals surface area contributed by atoms with Gasteiger partial charge < -0.3 is 4.42 Å². The number of aryl methyl sites for hydroxylation is 1. The van der Waals surface area contributed by atoms with Gasteiger partial charge in [0.2, 0.25) is 11.8 Å². The number of urea groups is 1. The van der Waals surface area contributed by atoms with Gasteiger partial charge in [-0.3, -0.25) is 19.8 Å². The van der Waals surface area contributed by atoms with Crippen molar-refractivity contribution in [2.75, 3.05) is 0 Å². The number of furan rings is 1. The van der Waals surface area contributed by atoms with Gasteiger partial charge in [-0.2, -0.15) is 0 Å². The topological polar surface area (TPSA) is 79.6 Å². The van der Waals surface area contributed by atoms with Crippen LogP contribution in [0.4, 0.5) is 4.79 Å². The van der Waals surface area contributed by atoms with Crippen LogP contribution in [0, 0.1) is 12.3 Å². The summed E-state index contributed by atoms with van der Waals surface area (Å²) in [5.41, 5.74) is -1.04. The molecule has 4 amide bonds. The minimum Gasteiger partial charge on any atom is -0.464 e. The molecule has 0 aromatic carbocycles. The lowest BCUT2D eigenvalue weighted by atomic mass is 9.66. The van der Waals surface area contributed by atoms with Crippen LogP contribution in [0.15, 0.2) is 16.5 Å². The van der Waals surface area contributed by atoms with E-state index < -0.39 is 29.3 Å². The quantitative estimate of drug-likeness (QED) is 0.837. The highest BCUT2D eigenvalue weighted by molar-refractivity contribution is 6.19. The van der Waals surface area contributed by atoms with Crippen molar-refractivity contribution in [3.8, 4) is 0 Å². The zero-order valence-electron chi connectivity index (χ0n) is 11.4. The van der Waals surface area contributed by atoms with Crippen LogP contribution in [-0.4, -0.2) is 22.7 Å². The maximum Gasteiger partial charge on any atom is 0.331 e. The summed E-state index contributed by atoms with van der Waals surface area (Å²) in [4.78, 5) is 37.6. The van der Waals surface area contributed by atoms with Crippen LogP contribution in [-0.2, 0) is 9.59 Å². The molecule has 2 fully saturated rings. The van der Waals surface area contributed by atoms with E-state index in [1.165, 1.54) is 0 Å². The molecule has 1 spiro atoms. The van der Waals surface area contributed by atoms with Gasteiger partial charge in [-0.1, -0.05) is 6.42 Å². The summed E-state index contributed by atoms with van der Waals surface area (Å²) in [7, 11) is 0. The first-order valence-electron chi connectivity index (χ1n) is 6.71. The Morgan fingerprint density at radius 1 is 1.30 bits per heavy atom. The number of carbonyl (C=O) groups excluding carboxylic acids is 3. The number of carbonyl (C=O) groups is 3. The number of hydrogen-bond donors (Lipinski definition) is 1. The van der Waals surface area contributed by atoms with Crippen LogP contribution in [0.1, 0.15) is 43.7 Å². The van der Waals surface area contributed by atoms with Crippen molar-refractivity contribution in [3.63, 3.8) is 0 Å². The van der Waals surface area contributed by atoms with E-state index in [2.05, 4.69) is 5.32 Å². The Hall–Kier alpha value is -2.11. The van der Waals surface area contributed by atoms with E-state index in [0.717, 1.165) is 11.3 Å². The lowest BCUT2D eigenvalue weighted by Gasteiger charge is -2.45. The van der Waals surface area contributed by atoms with E-state index in [9.17, 15) is 14.4 Å². The van der Waals surface area contributed by atoms with Gasteiger partial charge in [0.1, 0.15) is 16.9 Å².